The van der Waals surface area contributed by atoms with E-state index in [4.69, 9.17) is 15.3 Å². The van der Waals surface area contributed by atoms with Crippen LogP contribution in [0.1, 0.15) is 5.56 Å². The number of ether oxygens (including phenoxy) is 1. The van der Waals surface area contributed by atoms with E-state index in [1.54, 1.807) is 12.3 Å². The van der Waals surface area contributed by atoms with Crippen LogP contribution in [-0.4, -0.2) is 12.1 Å². The van der Waals surface area contributed by atoms with E-state index in [1.807, 2.05) is 6.07 Å². The van der Waals surface area contributed by atoms with Gasteiger partial charge in [-0.15, -0.1) is 0 Å². The normalized spacial score (nSPS) is 8.23. The SMILES string of the molecule is COc1ccnc(NC#N)c1C#N. The van der Waals surface area contributed by atoms with Crippen molar-refractivity contribution in [3.05, 3.63) is 17.8 Å². The second-order valence-corrected chi connectivity index (χ2v) is 2.09. The largest absolute Gasteiger partial charge is 0.495 e. The lowest BCUT2D eigenvalue weighted by atomic mass is 10.2. The number of rotatable bonds is 2. The minimum atomic E-state index is 0.212. The summed E-state index contributed by atoms with van der Waals surface area (Å²) in [5.41, 5.74) is 0.228. The van der Waals surface area contributed by atoms with Crippen molar-refractivity contribution in [3.8, 4) is 18.0 Å². The average molecular weight is 174 g/mol. The van der Waals surface area contributed by atoms with Crippen molar-refractivity contribution in [1.29, 1.82) is 10.5 Å². The van der Waals surface area contributed by atoms with Crippen molar-refractivity contribution in [1.82, 2.24) is 4.98 Å². The number of anilines is 1. The van der Waals surface area contributed by atoms with Gasteiger partial charge in [0.05, 0.1) is 7.11 Å². The van der Waals surface area contributed by atoms with Gasteiger partial charge in [-0.05, 0) is 6.07 Å². The predicted molar refractivity (Wildman–Crippen MR) is 44.7 cm³/mol. The summed E-state index contributed by atoms with van der Waals surface area (Å²) in [6.07, 6.45) is 3.15. The fraction of sp³-hybridized carbons (Fsp3) is 0.125. The summed E-state index contributed by atoms with van der Waals surface area (Å²) >= 11 is 0. The number of hydrogen-bond acceptors (Lipinski definition) is 5. The van der Waals surface area contributed by atoms with Gasteiger partial charge in [-0.25, -0.2) is 4.98 Å². The minimum absolute atomic E-state index is 0.212. The Labute approximate surface area is 75.2 Å². The Morgan fingerprint density at radius 3 is 2.85 bits per heavy atom. The lowest BCUT2D eigenvalue weighted by molar-refractivity contribution is 0.413. The van der Waals surface area contributed by atoms with Crippen LogP contribution in [0.3, 0.4) is 0 Å². The van der Waals surface area contributed by atoms with Gasteiger partial charge in [0.2, 0.25) is 0 Å². The average Bonchev–Trinajstić information content (AvgIpc) is 2.18. The molecule has 0 saturated carbocycles. The summed E-state index contributed by atoms with van der Waals surface area (Å²) in [7, 11) is 1.45. The number of hydrogen-bond donors (Lipinski definition) is 1. The van der Waals surface area contributed by atoms with Gasteiger partial charge in [0, 0.05) is 6.20 Å². The van der Waals surface area contributed by atoms with Crippen molar-refractivity contribution in [2.24, 2.45) is 0 Å². The van der Waals surface area contributed by atoms with Crippen LogP contribution in [0.25, 0.3) is 0 Å². The van der Waals surface area contributed by atoms with Crippen LogP contribution in [0.15, 0.2) is 12.3 Å². The molecule has 64 valence electrons. The zero-order valence-electron chi connectivity index (χ0n) is 6.90. The molecule has 0 aliphatic heterocycles. The molecule has 0 saturated heterocycles. The molecule has 0 radical (unpaired) electrons. The lowest BCUT2D eigenvalue weighted by Crippen LogP contribution is -1.97. The van der Waals surface area contributed by atoms with Gasteiger partial charge in [-0.3, -0.25) is 5.32 Å². The van der Waals surface area contributed by atoms with E-state index < -0.39 is 0 Å². The van der Waals surface area contributed by atoms with Gasteiger partial charge < -0.3 is 4.74 Å². The van der Waals surface area contributed by atoms with Crippen molar-refractivity contribution in [3.63, 3.8) is 0 Å². The van der Waals surface area contributed by atoms with E-state index in [9.17, 15) is 0 Å². The zero-order chi connectivity index (χ0) is 9.68. The predicted octanol–water partition coefficient (Wildman–Crippen LogP) is 0.855. The highest BCUT2D eigenvalue weighted by Gasteiger charge is 2.08. The van der Waals surface area contributed by atoms with Crippen LogP contribution in [0, 0.1) is 22.8 Å². The van der Waals surface area contributed by atoms with Crippen LogP contribution in [0.5, 0.6) is 5.75 Å². The maximum Gasteiger partial charge on any atom is 0.182 e. The molecule has 0 fully saturated rings. The molecule has 5 heteroatoms. The Morgan fingerprint density at radius 1 is 1.54 bits per heavy atom. The maximum atomic E-state index is 8.74. The molecule has 5 nitrogen and oxygen atoms in total. The van der Waals surface area contributed by atoms with Crippen molar-refractivity contribution >= 4 is 5.82 Å². The molecule has 0 aliphatic carbocycles. The Balaban J connectivity index is 3.22. The summed E-state index contributed by atoms with van der Waals surface area (Å²) in [5, 5.41) is 19.4. The van der Waals surface area contributed by atoms with E-state index in [-0.39, 0.29) is 11.4 Å². The number of nitrogens with one attached hydrogen (secondary N) is 1. The second-order valence-electron chi connectivity index (χ2n) is 2.09. The standard InChI is InChI=1S/C8H6N4O/c1-13-7-2-3-11-8(12-5-10)6(7)4-9/h2-3H,1H3,(H,11,12). The van der Waals surface area contributed by atoms with Gasteiger partial charge in [-0.1, -0.05) is 0 Å². The van der Waals surface area contributed by atoms with Gasteiger partial charge >= 0.3 is 0 Å². The highest BCUT2D eigenvalue weighted by atomic mass is 16.5. The third-order valence-electron chi connectivity index (χ3n) is 1.42. The first-order chi connectivity index (χ1) is 6.33. The number of aromatic nitrogens is 1. The summed E-state index contributed by atoms with van der Waals surface area (Å²) in [5.74, 6) is 0.611. The first-order valence-electron chi connectivity index (χ1n) is 3.41. The first kappa shape index (κ1) is 8.82. The van der Waals surface area contributed by atoms with Crippen LogP contribution < -0.4 is 10.1 Å². The zero-order valence-corrected chi connectivity index (χ0v) is 6.90. The summed E-state index contributed by atoms with van der Waals surface area (Å²) < 4.78 is 4.91. The van der Waals surface area contributed by atoms with Crippen molar-refractivity contribution in [2.45, 2.75) is 0 Å². The van der Waals surface area contributed by atoms with Gasteiger partial charge in [0.15, 0.2) is 12.0 Å². The molecule has 0 atom stereocenters. The maximum absolute atomic E-state index is 8.74. The molecule has 1 aromatic heterocycles. The molecule has 1 heterocycles. The molecular formula is C8H6N4O. The van der Waals surface area contributed by atoms with Gasteiger partial charge in [0.1, 0.15) is 17.4 Å². The lowest BCUT2D eigenvalue weighted by Gasteiger charge is -2.04. The third kappa shape index (κ3) is 1.66. The van der Waals surface area contributed by atoms with Crippen LogP contribution >= 0.6 is 0 Å². The number of nitriles is 2. The number of methoxy groups -OCH3 is 1. The molecule has 0 aromatic carbocycles. The third-order valence-corrected chi connectivity index (χ3v) is 1.42. The molecule has 0 bridgehead atoms. The van der Waals surface area contributed by atoms with E-state index in [0.717, 1.165) is 0 Å². The Bertz CT molecular complexity index is 388. The van der Waals surface area contributed by atoms with E-state index in [0.29, 0.717) is 5.75 Å². The molecule has 0 aliphatic rings. The fourth-order valence-electron chi connectivity index (χ4n) is 0.870. The fourth-order valence-corrected chi connectivity index (χ4v) is 0.870. The van der Waals surface area contributed by atoms with Crippen LogP contribution in [-0.2, 0) is 0 Å². The number of pyridine rings is 1. The molecular weight excluding hydrogens is 168 g/mol. The van der Waals surface area contributed by atoms with Crippen molar-refractivity contribution in [2.75, 3.05) is 12.4 Å². The van der Waals surface area contributed by atoms with E-state index >= 15 is 0 Å². The Kier molecular flexibility index (Phi) is 2.67. The van der Waals surface area contributed by atoms with E-state index in [2.05, 4.69) is 10.3 Å². The van der Waals surface area contributed by atoms with Gasteiger partial charge in [0.25, 0.3) is 0 Å². The minimum Gasteiger partial charge on any atom is -0.495 e. The molecule has 1 rings (SSSR count). The molecule has 0 spiro atoms. The molecule has 1 N–H and O–H groups in total. The second kappa shape index (κ2) is 3.93. The Morgan fingerprint density at radius 2 is 2.31 bits per heavy atom. The molecule has 13 heavy (non-hydrogen) atoms. The van der Waals surface area contributed by atoms with Crippen LogP contribution in [0.4, 0.5) is 5.82 Å². The smallest absolute Gasteiger partial charge is 0.182 e. The highest BCUT2D eigenvalue weighted by molar-refractivity contribution is 5.60. The summed E-state index contributed by atoms with van der Waals surface area (Å²) in [6, 6.07) is 3.46. The monoisotopic (exact) mass is 174 g/mol. The summed E-state index contributed by atoms with van der Waals surface area (Å²) in [6.45, 7) is 0. The van der Waals surface area contributed by atoms with E-state index in [1.165, 1.54) is 13.3 Å². The molecule has 0 unspecified atom stereocenters. The number of nitrogens with zero attached hydrogens (tertiary/aromatic N) is 3. The quantitative estimate of drug-likeness (QED) is 0.531. The first-order valence-corrected chi connectivity index (χ1v) is 3.41. The molecule has 1 aromatic rings. The highest BCUT2D eigenvalue weighted by Crippen LogP contribution is 2.22. The van der Waals surface area contributed by atoms with Crippen molar-refractivity contribution < 1.29 is 4.74 Å². The van der Waals surface area contributed by atoms with Crippen LogP contribution in [0.2, 0.25) is 0 Å². The van der Waals surface area contributed by atoms with Gasteiger partial charge in [-0.2, -0.15) is 10.5 Å². The topological polar surface area (TPSA) is 81.7 Å². The Hall–Kier alpha value is -2.27. The summed E-state index contributed by atoms with van der Waals surface area (Å²) in [4.78, 5) is 3.81. The molecule has 0 amide bonds.